The van der Waals surface area contributed by atoms with Gasteiger partial charge in [-0.25, -0.2) is 4.79 Å². The highest BCUT2D eigenvalue weighted by molar-refractivity contribution is 7.98. The summed E-state index contributed by atoms with van der Waals surface area (Å²) in [7, 11) is 0. The molecule has 7 heteroatoms. The van der Waals surface area contributed by atoms with E-state index in [9.17, 15) is 14.4 Å². The fourth-order valence-electron chi connectivity index (χ4n) is 1.96. The standard InChI is InChI=1S/C15H22N2O4S/c1-11-5-8-17(14(19)10-11)7-3-4-13(18)16-12(15(20)21)6-9-22-2/h5,8,10,12H,3-4,6-7,9H2,1-2H3,(H,16,18)(H,20,21). The predicted octanol–water partition coefficient (Wildman–Crippen LogP) is 1.26. The average Bonchev–Trinajstić information content (AvgIpc) is 2.45. The number of aliphatic carboxylic acids is 1. The van der Waals surface area contributed by atoms with E-state index in [1.54, 1.807) is 16.8 Å². The maximum Gasteiger partial charge on any atom is 0.326 e. The molecule has 0 spiro atoms. The molecule has 1 aromatic rings. The van der Waals surface area contributed by atoms with Crippen LogP contribution in [-0.2, 0) is 16.1 Å². The largest absolute Gasteiger partial charge is 0.480 e. The monoisotopic (exact) mass is 326 g/mol. The van der Waals surface area contributed by atoms with Gasteiger partial charge in [-0.05, 0) is 43.4 Å². The Morgan fingerprint density at radius 3 is 2.77 bits per heavy atom. The van der Waals surface area contributed by atoms with Gasteiger partial charge in [-0.3, -0.25) is 9.59 Å². The molecule has 1 atom stereocenters. The second-order valence-corrected chi connectivity index (χ2v) is 6.06. The maximum absolute atomic E-state index is 11.8. The molecule has 0 radical (unpaired) electrons. The quantitative estimate of drug-likeness (QED) is 0.713. The van der Waals surface area contributed by atoms with Gasteiger partial charge in [0.1, 0.15) is 6.04 Å². The molecule has 122 valence electrons. The summed E-state index contributed by atoms with van der Waals surface area (Å²) in [4.78, 5) is 34.5. The second kappa shape index (κ2) is 9.30. The Hall–Kier alpha value is -1.76. The van der Waals surface area contributed by atoms with Gasteiger partial charge in [0, 0.05) is 25.2 Å². The van der Waals surface area contributed by atoms with Crippen LogP contribution in [0.25, 0.3) is 0 Å². The molecule has 1 rings (SSSR count). The zero-order valence-corrected chi connectivity index (χ0v) is 13.7. The lowest BCUT2D eigenvalue weighted by Crippen LogP contribution is -2.41. The van der Waals surface area contributed by atoms with E-state index in [0.717, 1.165) is 5.56 Å². The minimum atomic E-state index is -1.02. The van der Waals surface area contributed by atoms with E-state index in [1.807, 2.05) is 19.2 Å². The number of aryl methyl sites for hydroxylation is 2. The Balaban J connectivity index is 2.41. The number of hydrogen-bond donors (Lipinski definition) is 2. The molecule has 2 N–H and O–H groups in total. The molecule has 0 aromatic carbocycles. The lowest BCUT2D eigenvalue weighted by atomic mass is 10.2. The maximum atomic E-state index is 11.8. The highest BCUT2D eigenvalue weighted by atomic mass is 32.2. The Labute approximate surface area is 133 Å². The van der Waals surface area contributed by atoms with Crippen molar-refractivity contribution in [3.05, 3.63) is 34.2 Å². The second-order valence-electron chi connectivity index (χ2n) is 5.08. The number of carboxylic acid groups (broad SMARTS) is 1. The summed E-state index contributed by atoms with van der Waals surface area (Å²) in [6.07, 6.45) is 4.68. The van der Waals surface area contributed by atoms with E-state index in [1.165, 1.54) is 11.8 Å². The fraction of sp³-hybridized carbons (Fsp3) is 0.533. The highest BCUT2D eigenvalue weighted by Gasteiger charge is 2.18. The first kappa shape index (κ1) is 18.3. The number of nitrogens with zero attached hydrogens (tertiary/aromatic N) is 1. The number of rotatable bonds is 9. The number of aromatic nitrogens is 1. The van der Waals surface area contributed by atoms with E-state index in [0.29, 0.717) is 25.1 Å². The Morgan fingerprint density at radius 1 is 1.45 bits per heavy atom. The molecule has 0 fully saturated rings. The van der Waals surface area contributed by atoms with Gasteiger partial charge in [-0.1, -0.05) is 0 Å². The van der Waals surface area contributed by atoms with Gasteiger partial charge in [0.05, 0.1) is 0 Å². The molecular weight excluding hydrogens is 304 g/mol. The van der Waals surface area contributed by atoms with Gasteiger partial charge in [0.25, 0.3) is 5.56 Å². The molecule has 0 saturated heterocycles. The van der Waals surface area contributed by atoms with Crippen LogP contribution in [0.15, 0.2) is 23.1 Å². The third-order valence-corrected chi connectivity index (χ3v) is 3.84. The molecule has 6 nitrogen and oxygen atoms in total. The molecule has 1 aromatic heterocycles. The zero-order chi connectivity index (χ0) is 16.5. The third kappa shape index (κ3) is 6.34. The molecule has 0 aliphatic heterocycles. The Bertz CT molecular complexity index is 571. The van der Waals surface area contributed by atoms with E-state index in [2.05, 4.69) is 5.32 Å². The van der Waals surface area contributed by atoms with Crippen LogP contribution in [-0.4, -0.2) is 39.6 Å². The summed E-state index contributed by atoms with van der Waals surface area (Å²) in [5.74, 6) is -0.637. The number of carbonyl (C=O) groups is 2. The number of hydrogen-bond acceptors (Lipinski definition) is 4. The predicted molar refractivity (Wildman–Crippen MR) is 87.2 cm³/mol. The average molecular weight is 326 g/mol. The van der Waals surface area contributed by atoms with E-state index >= 15 is 0 Å². The van der Waals surface area contributed by atoms with Crippen molar-refractivity contribution in [1.82, 2.24) is 9.88 Å². The van der Waals surface area contributed by atoms with Gasteiger partial charge >= 0.3 is 5.97 Å². The Morgan fingerprint density at radius 2 is 2.18 bits per heavy atom. The molecule has 1 amide bonds. The fourth-order valence-corrected chi connectivity index (χ4v) is 2.43. The van der Waals surface area contributed by atoms with E-state index in [4.69, 9.17) is 5.11 Å². The van der Waals surface area contributed by atoms with E-state index < -0.39 is 12.0 Å². The first-order chi connectivity index (χ1) is 10.4. The summed E-state index contributed by atoms with van der Waals surface area (Å²) in [5.41, 5.74) is 0.806. The third-order valence-electron chi connectivity index (χ3n) is 3.20. The van der Waals surface area contributed by atoms with Crippen molar-refractivity contribution in [3.8, 4) is 0 Å². The molecule has 0 bridgehead atoms. The molecule has 1 heterocycles. The molecule has 1 unspecified atom stereocenters. The van der Waals surface area contributed by atoms with Gasteiger partial charge in [0.2, 0.25) is 5.91 Å². The molecule has 0 aliphatic carbocycles. The summed E-state index contributed by atoms with van der Waals surface area (Å²) >= 11 is 1.54. The molecule has 22 heavy (non-hydrogen) atoms. The van der Waals surface area contributed by atoms with Gasteiger partial charge in [-0.15, -0.1) is 0 Å². The highest BCUT2D eigenvalue weighted by Crippen LogP contribution is 2.02. The summed E-state index contributed by atoms with van der Waals surface area (Å²) < 4.78 is 1.54. The van der Waals surface area contributed by atoms with Gasteiger partial charge in [-0.2, -0.15) is 11.8 Å². The minimum Gasteiger partial charge on any atom is -0.480 e. The number of pyridine rings is 1. The number of nitrogens with one attached hydrogen (secondary N) is 1. The van der Waals surface area contributed by atoms with Crippen LogP contribution in [0.3, 0.4) is 0 Å². The molecule has 0 aliphatic rings. The van der Waals surface area contributed by atoms with Gasteiger partial charge < -0.3 is 15.0 Å². The first-order valence-electron chi connectivity index (χ1n) is 7.12. The summed E-state index contributed by atoms with van der Waals surface area (Å²) in [6, 6.07) is 2.54. The van der Waals surface area contributed by atoms with Crippen LogP contribution in [0.4, 0.5) is 0 Å². The van der Waals surface area contributed by atoms with Crippen LogP contribution in [0.5, 0.6) is 0 Å². The van der Waals surface area contributed by atoms with E-state index in [-0.39, 0.29) is 17.9 Å². The zero-order valence-electron chi connectivity index (χ0n) is 12.9. The smallest absolute Gasteiger partial charge is 0.326 e. The molecular formula is C15H22N2O4S. The van der Waals surface area contributed by atoms with Crippen LogP contribution >= 0.6 is 11.8 Å². The van der Waals surface area contributed by atoms with Crippen molar-refractivity contribution in [1.29, 1.82) is 0 Å². The number of carboxylic acids is 1. The van der Waals surface area contributed by atoms with Crippen molar-refractivity contribution in [2.45, 2.75) is 38.8 Å². The lowest BCUT2D eigenvalue weighted by Gasteiger charge is -2.14. The lowest BCUT2D eigenvalue weighted by molar-refractivity contribution is -0.141. The van der Waals surface area contributed by atoms with Crippen LogP contribution in [0.2, 0.25) is 0 Å². The number of amides is 1. The van der Waals surface area contributed by atoms with Crippen molar-refractivity contribution in [2.24, 2.45) is 0 Å². The van der Waals surface area contributed by atoms with Crippen LogP contribution < -0.4 is 10.9 Å². The number of thioether (sulfide) groups is 1. The number of carbonyl (C=O) groups excluding carboxylic acids is 1. The minimum absolute atomic E-state index is 0.0937. The van der Waals surface area contributed by atoms with Crippen molar-refractivity contribution >= 4 is 23.6 Å². The normalized spacial score (nSPS) is 11.9. The molecule has 0 saturated carbocycles. The topological polar surface area (TPSA) is 88.4 Å². The van der Waals surface area contributed by atoms with Crippen molar-refractivity contribution in [3.63, 3.8) is 0 Å². The van der Waals surface area contributed by atoms with Crippen molar-refractivity contribution in [2.75, 3.05) is 12.0 Å². The van der Waals surface area contributed by atoms with Gasteiger partial charge in [0.15, 0.2) is 0 Å². The van der Waals surface area contributed by atoms with Crippen molar-refractivity contribution < 1.29 is 14.7 Å². The summed E-state index contributed by atoms with van der Waals surface area (Å²) in [5, 5.41) is 11.6. The summed E-state index contributed by atoms with van der Waals surface area (Å²) in [6.45, 7) is 2.29. The first-order valence-corrected chi connectivity index (χ1v) is 8.51. The SMILES string of the molecule is CSCCC(NC(=O)CCCn1ccc(C)cc1=O)C(=O)O. The van der Waals surface area contributed by atoms with Crippen LogP contribution in [0, 0.1) is 6.92 Å². The Kier molecular flexibility index (Phi) is 7.73. The van der Waals surface area contributed by atoms with Crippen LogP contribution in [0.1, 0.15) is 24.8 Å².